The topological polar surface area (TPSA) is 100 Å². The number of ether oxygens (including phenoxy) is 1. The number of hydrogen-bond donors (Lipinski definition) is 2. The Hall–Kier alpha value is -3.59. The number of carbonyl (C=O) groups is 3. The van der Waals surface area contributed by atoms with Crippen molar-refractivity contribution in [1.82, 2.24) is 10.6 Å². The molecule has 172 valence electrons. The third kappa shape index (κ3) is 6.23. The van der Waals surface area contributed by atoms with Crippen LogP contribution in [0.2, 0.25) is 0 Å². The van der Waals surface area contributed by atoms with Crippen LogP contribution in [-0.4, -0.2) is 42.4 Å². The molecule has 0 aliphatic carbocycles. The van der Waals surface area contributed by atoms with Crippen LogP contribution in [0.5, 0.6) is 5.75 Å². The lowest BCUT2D eigenvalue weighted by Gasteiger charge is -2.19. The number of amides is 4. The van der Waals surface area contributed by atoms with Crippen molar-refractivity contribution in [1.29, 1.82) is 0 Å². The Kier molecular flexibility index (Phi) is 7.89. The highest BCUT2D eigenvalue weighted by atomic mass is 32.2. The first-order valence-electron chi connectivity index (χ1n) is 10.4. The van der Waals surface area contributed by atoms with E-state index in [2.05, 4.69) is 15.6 Å². The second-order valence-electron chi connectivity index (χ2n) is 7.38. The maximum Gasteiger partial charge on any atom is 0.321 e. The summed E-state index contributed by atoms with van der Waals surface area (Å²) in [5.41, 5.74) is 3.73. The molecule has 4 amide bonds. The standard InChI is InChI=1S/C24H26N4O4S/c1-5-25-23(31)27-21(29)14-33-24-26-20(13-17-6-8-19(32-4)9-7-17)22(30)28(24)18-11-15(2)10-16(3)12-18/h6-13H,5,14H2,1-4H3,(H2,25,27,29,31)/b20-13-. The van der Waals surface area contributed by atoms with Crippen molar-refractivity contribution in [2.75, 3.05) is 24.3 Å². The molecule has 0 atom stereocenters. The number of urea groups is 1. The predicted molar refractivity (Wildman–Crippen MR) is 131 cm³/mol. The Morgan fingerprint density at radius 1 is 1.12 bits per heavy atom. The van der Waals surface area contributed by atoms with Gasteiger partial charge in [-0.15, -0.1) is 0 Å². The molecule has 0 spiro atoms. The second-order valence-corrected chi connectivity index (χ2v) is 8.32. The summed E-state index contributed by atoms with van der Waals surface area (Å²) in [6.07, 6.45) is 1.69. The van der Waals surface area contributed by atoms with Crippen LogP contribution in [0.4, 0.5) is 10.5 Å². The minimum Gasteiger partial charge on any atom is -0.497 e. The lowest BCUT2D eigenvalue weighted by atomic mass is 10.1. The van der Waals surface area contributed by atoms with E-state index in [1.165, 1.54) is 4.90 Å². The quantitative estimate of drug-likeness (QED) is 0.633. The molecule has 1 aliphatic rings. The third-order valence-corrected chi connectivity index (χ3v) is 5.57. The summed E-state index contributed by atoms with van der Waals surface area (Å²) >= 11 is 1.09. The first-order chi connectivity index (χ1) is 15.8. The summed E-state index contributed by atoms with van der Waals surface area (Å²) in [5.74, 6) is -0.124. The van der Waals surface area contributed by atoms with Gasteiger partial charge in [-0.2, -0.15) is 0 Å². The fraction of sp³-hybridized carbons (Fsp3) is 0.250. The number of thioether (sulfide) groups is 1. The second kappa shape index (κ2) is 10.8. The van der Waals surface area contributed by atoms with Gasteiger partial charge in [-0.25, -0.2) is 9.79 Å². The largest absolute Gasteiger partial charge is 0.497 e. The van der Waals surface area contributed by atoms with Gasteiger partial charge in [0.25, 0.3) is 5.91 Å². The summed E-state index contributed by atoms with van der Waals surface area (Å²) in [6, 6.07) is 12.5. The van der Waals surface area contributed by atoms with Gasteiger partial charge in [0.2, 0.25) is 5.91 Å². The molecule has 0 saturated heterocycles. The molecule has 8 nitrogen and oxygen atoms in total. The number of rotatable bonds is 6. The first-order valence-corrected chi connectivity index (χ1v) is 11.4. The minimum atomic E-state index is -0.557. The van der Waals surface area contributed by atoms with Crippen molar-refractivity contribution >= 4 is 46.5 Å². The maximum atomic E-state index is 13.3. The van der Waals surface area contributed by atoms with Crippen LogP contribution in [0.3, 0.4) is 0 Å². The number of amidine groups is 1. The average molecular weight is 467 g/mol. The van der Waals surface area contributed by atoms with Crippen LogP contribution in [0.15, 0.2) is 53.2 Å². The Morgan fingerprint density at radius 2 is 1.79 bits per heavy atom. The van der Waals surface area contributed by atoms with Gasteiger partial charge in [-0.05, 0) is 67.8 Å². The van der Waals surface area contributed by atoms with Gasteiger partial charge in [-0.3, -0.25) is 19.8 Å². The average Bonchev–Trinajstić information content (AvgIpc) is 3.07. The summed E-state index contributed by atoms with van der Waals surface area (Å²) in [5, 5.41) is 5.14. The van der Waals surface area contributed by atoms with E-state index in [1.807, 2.05) is 44.2 Å². The SMILES string of the molecule is CCNC(=O)NC(=O)CSC1=N/C(=C\c2ccc(OC)cc2)C(=O)N1c1cc(C)cc(C)c1. The monoisotopic (exact) mass is 466 g/mol. The van der Waals surface area contributed by atoms with Crippen LogP contribution in [-0.2, 0) is 9.59 Å². The zero-order valence-electron chi connectivity index (χ0n) is 19.0. The Labute approximate surface area is 197 Å². The number of methoxy groups -OCH3 is 1. The summed E-state index contributed by atoms with van der Waals surface area (Å²) in [6.45, 7) is 6.08. The predicted octanol–water partition coefficient (Wildman–Crippen LogP) is 3.63. The Bertz CT molecular complexity index is 1110. The van der Waals surface area contributed by atoms with Gasteiger partial charge in [0.15, 0.2) is 5.17 Å². The van der Waals surface area contributed by atoms with Gasteiger partial charge in [-0.1, -0.05) is 30.0 Å². The van der Waals surface area contributed by atoms with Crippen molar-refractivity contribution in [2.24, 2.45) is 4.99 Å². The van der Waals surface area contributed by atoms with Gasteiger partial charge < -0.3 is 10.1 Å². The highest BCUT2D eigenvalue weighted by molar-refractivity contribution is 8.14. The zero-order chi connectivity index (χ0) is 24.0. The summed E-state index contributed by atoms with van der Waals surface area (Å²) in [4.78, 5) is 43.1. The van der Waals surface area contributed by atoms with Crippen LogP contribution in [0, 0.1) is 13.8 Å². The number of carbonyl (C=O) groups excluding carboxylic acids is 3. The fourth-order valence-electron chi connectivity index (χ4n) is 3.26. The molecular formula is C24H26N4O4S. The normalized spacial score (nSPS) is 14.3. The van der Waals surface area contributed by atoms with Crippen molar-refractivity contribution in [3.05, 3.63) is 64.9 Å². The van der Waals surface area contributed by atoms with Crippen molar-refractivity contribution in [3.8, 4) is 5.75 Å². The van der Waals surface area contributed by atoms with E-state index in [4.69, 9.17) is 4.74 Å². The smallest absolute Gasteiger partial charge is 0.321 e. The highest BCUT2D eigenvalue weighted by Gasteiger charge is 2.32. The van der Waals surface area contributed by atoms with Crippen molar-refractivity contribution < 1.29 is 19.1 Å². The number of imide groups is 1. The molecule has 1 aliphatic heterocycles. The van der Waals surface area contributed by atoms with Gasteiger partial charge in [0, 0.05) is 6.54 Å². The molecular weight excluding hydrogens is 440 g/mol. The van der Waals surface area contributed by atoms with E-state index >= 15 is 0 Å². The van der Waals surface area contributed by atoms with E-state index < -0.39 is 11.9 Å². The molecule has 2 aromatic carbocycles. The molecule has 1 heterocycles. The number of benzene rings is 2. The van der Waals surface area contributed by atoms with Crippen LogP contribution in [0.1, 0.15) is 23.6 Å². The highest BCUT2D eigenvalue weighted by Crippen LogP contribution is 2.31. The Balaban J connectivity index is 1.88. The van der Waals surface area contributed by atoms with Crippen LogP contribution < -0.4 is 20.3 Å². The molecule has 3 rings (SSSR count). The molecule has 0 aromatic heterocycles. The van der Waals surface area contributed by atoms with E-state index in [1.54, 1.807) is 32.2 Å². The molecule has 2 N–H and O–H groups in total. The van der Waals surface area contributed by atoms with Gasteiger partial charge >= 0.3 is 6.03 Å². The van der Waals surface area contributed by atoms with E-state index in [0.29, 0.717) is 23.1 Å². The fourth-order valence-corrected chi connectivity index (χ4v) is 4.07. The summed E-state index contributed by atoms with van der Waals surface area (Å²) in [7, 11) is 1.59. The molecule has 0 radical (unpaired) electrons. The molecule has 9 heteroatoms. The molecule has 0 saturated carbocycles. The maximum absolute atomic E-state index is 13.3. The van der Waals surface area contributed by atoms with E-state index in [-0.39, 0.29) is 17.4 Å². The lowest BCUT2D eigenvalue weighted by molar-refractivity contribution is -0.117. The number of nitrogens with one attached hydrogen (secondary N) is 2. The molecule has 0 fully saturated rings. The number of aliphatic imine (C=N–C) groups is 1. The van der Waals surface area contributed by atoms with Crippen molar-refractivity contribution in [2.45, 2.75) is 20.8 Å². The molecule has 0 unspecified atom stereocenters. The number of nitrogens with zero attached hydrogens (tertiary/aromatic N) is 2. The molecule has 0 bridgehead atoms. The minimum absolute atomic E-state index is 0.0691. The Morgan fingerprint density at radius 3 is 2.39 bits per heavy atom. The van der Waals surface area contributed by atoms with Crippen LogP contribution >= 0.6 is 11.8 Å². The van der Waals surface area contributed by atoms with Gasteiger partial charge in [0.1, 0.15) is 11.4 Å². The number of aryl methyl sites for hydroxylation is 2. The lowest BCUT2D eigenvalue weighted by Crippen LogP contribution is -2.40. The van der Waals surface area contributed by atoms with Crippen LogP contribution in [0.25, 0.3) is 6.08 Å². The third-order valence-electron chi connectivity index (χ3n) is 4.64. The van der Waals surface area contributed by atoms with E-state index in [9.17, 15) is 14.4 Å². The molecule has 2 aromatic rings. The van der Waals surface area contributed by atoms with Gasteiger partial charge in [0.05, 0.1) is 18.6 Å². The zero-order valence-corrected chi connectivity index (χ0v) is 19.8. The number of hydrogen-bond acceptors (Lipinski definition) is 6. The number of anilines is 1. The van der Waals surface area contributed by atoms with Crippen molar-refractivity contribution in [3.63, 3.8) is 0 Å². The van der Waals surface area contributed by atoms with E-state index in [0.717, 1.165) is 28.5 Å². The first kappa shape index (κ1) is 24.1. The summed E-state index contributed by atoms with van der Waals surface area (Å²) < 4.78 is 5.18. The molecule has 33 heavy (non-hydrogen) atoms.